The van der Waals surface area contributed by atoms with Crippen molar-refractivity contribution >= 4 is 23.0 Å². The number of fused-ring (bicyclic) bond motifs is 1. The van der Waals surface area contributed by atoms with E-state index in [1.807, 2.05) is 4.90 Å². The predicted octanol–water partition coefficient (Wildman–Crippen LogP) is 1.15. The lowest BCUT2D eigenvalue weighted by atomic mass is 9.71. The zero-order valence-corrected chi connectivity index (χ0v) is 17.5. The van der Waals surface area contributed by atoms with Crippen LogP contribution in [0.5, 0.6) is 0 Å². The van der Waals surface area contributed by atoms with Crippen molar-refractivity contribution in [2.45, 2.75) is 63.1 Å². The van der Waals surface area contributed by atoms with Crippen LogP contribution < -0.4 is 11.5 Å². The highest BCUT2D eigenvalue weighted by Gasteiger charge is 2.48. The number of aromatic nitrogens is 1. The summed E-state index contributed by atoms with van der Waals surface area (Å²) >= 11 is 1.46. The molecule has 2 fully saturated rings. The highest BCUT2D eigenvalue weighted by atomic mass is 32.1. The van der Waals surface area contributed by atoms with Crippen LogP contribution in [-0.2, 0) is 17.8 Å². The number of Topliss-reactive ketones (excluding diaryl/α,β-unsaturated/α-hetero) is 1. The summed E-state index contributed by atoms with van der Waals surface area (Å²) in [4.78, 5) is 36.0. The van der Waals surface area contributed by atoms with Crippen molar-refractivity contribution < 1.29 is 9.59 Å². The van der Waals surface area contributed by atoms with E-state index in [0.717, 1.165) is 56.0 Å². The van der Waals surface area contributed by atoms with E-state index in [2.05, 4.69) is 16.9 Å². The molecule has 1 aromatic heterocycles. The van der Waals surface area contributed by atoms with Gasteiger partial charge in [-0.25, -0.2) is 4.98 Å². The molecule has 0 bridgehead atoms. The topological polar surface area (TPSA) is 106 Å². The smallest absolute Gasteiger partial charge is 0.225 e. The van der Waals surface area contributed by atoms with E-state index in [1.54, 1.807) is 0 Å². The summed E-state index contributed by atoms with van der Waals surface area (Å²) in [5.41, 5.74) is 12.9. The number of piperidine rings is 1. The molecule has 1 aliphatic carbocycles. The van der Waals surface area contributed by atoms with E-state index >= 15 is 0 Å². The summed E-state index contributed by atoms with van der Waals surface area (Å²) in [7, 11) is 2.07. The molecule has 3 unspecified atom stereocenters. The van der Waals surface area contributed by atoms with E-state index in [0.29, 0.717) is 24.3 Å². The number of ketones is 1. The number of carbonyl (C=O) groups is 2. The summed E-state index contributed by atoms with van der Waals surface area (Å²) < 4.78 is 0. The maximum atomic E-state index is 13.2. The van der Waals surface area contributed by atoms with E-state index in [1.165, 1.54) is 17.8 Å². The summed E-state index contributed by atoms with van der Waals surface area (Å²) in [5.74, 6) is -0.0703. The fourth-order valence-corrected chi connectivity index (χ4v) is 5.95. The zero-order valence-electron chi connectivity index (χ0n) is 16.7. The minimum absolute atomic E-state index is 0.115. The van der Waals surface area contributed by atoms with Gasteiger partial charge in [0.05, 0.1) is 11.2 Å². The van der Waals surface area contributed by atoms with Crippen LogP contribution in [0.1, 0.15) is 58.9 Å². The molecule has 0 spiro atoms. The Morgan fingerprint density at radius 2 is 1.96 bits per heavy atom. The molecule has 4 rings (SSSR count). The van der Waals surface area contributed by atoms with Gasteiger partial charge in [-0.3, -0.25) is 9.59 Å². The number of carbonyl (C=O) groups excluding carboxylic acids is 2. The Morgan fingerprint density at radius 1 is 1.21 bits per heavy atom. The van der Waals surface area contributed by atoms with Crippen LogP contribution in [0.4, 0.5) is 0 Å². The van der Waals surface area contributed by atoms with Crippen LogP contribution >= 0.6 is 11.3 Å². The SMILES string of the molecule is CN1CCc2nc(C(=O)C3(N)CCC(C(=O)N4CCCCC4)CC3N)sc2C1. The Kier molecular flexibility index (Phi) is 5.57. The molecule has 0 radical (unpaired) electrons. The molecule has 3 atom stereocenters. The van der Waals surface area contributed by atoms with Crippen LogP contribution in [0, 0.1) is 5.92 Å². The average Bonchev–Trinajstić information content (AvgIpc) is 3.12. The Morgan fingerprint density at radius 3 is 2.68 bits per heavy atom. The van der Waals surface area contributed by atoms with E-state index in [9.17, 15) is 9.59 Å². The van der Waals surface area contributed by atoms with Gasteiger partial charge in [-0.05, 0) is 45.6 Å². The molecule has 8 heteroatoms. The molecule has 3 aliphatic rings. The van der Waals surface area contributed by atoms with Crippen molar-refractivity contribution in [1.82, 2.24) is 14.8 Å². The molecule has 154 valence electrons. The normalized spacial score (nSPS) is 31.5. The number of thiazole rings is 1. The number of likely N-dealkylation sites (tertiary alicyclic amines) is 1. The second-order valence-corrected chi connectivity index (χ2v) is 9.79. The van der Waals surface area contributed by atoms with Gasteiger partial charge in [0.2, 0.25) is 11.7 Å². The third-order valence-corrected chi connectivity index (χ3v) is 7.74. The Bertz CT molecular complexity index is 760. The van der Waals surface area contributed by atoms with Crippen LogP contribution in [0.15, 0.2) is 0 Å². The number of hydrogen-bond acceptors (Lipinski definition) is 7. The first-order valence-electron chi connectivity index (χ1n) is 10.4. The van der Waals surface area contributed by atoms with Gasteiger partial charge in [0.1, 0.15) is 0 Å². The molecule has 1 aromatic rings. The number of nitrogens with two attached hydrogens (primary N) is 2. The lowest BCUT2D eigenvalue weighted by molar-refractivity contribution is -0.138. The fraction of sp³-hybridized carbons (Fsp3) is 0.750. The first-order valence-corrected chi connectivity index (χ1v) is 11.3. The lowest BCUT2D eigenvalue weighted by Crippen LogP contribution is -2.64. The van der Waals surface area contributed by atoms with E-state index in [4.69, 9.17) is 11.5 Å². The summed E-state index contributed by atoms with van der Waals surface area (Å²) in [6.45, 7) is 3.47. The van der Waals surface area contributed by atoms with E-state index < -0.39 is 11.6 Å². The van der Waals surface area contributed by atoms with Gasteiger partial charge in [-0.15, -0.1) is 11.3 Å². The molecule has 4 N–H and O–H groups in total. The van der Waals surface area contributed by atoms with Crippen LogP contribution in [0.2, 0.25) is 0 Å². The minimum Gasteiger partial charge on any atom is -0.342 e. The molecule has 3 heterocycles. The van der Waals surface area contributed by atoms with Crippen molar-refractivity contribution in [2.75, 3.05) is 26.7 Å². The summed E-state index contributed by atoms with van der Waals surface area (Å²) in [6.07, 6.45) is 5.76. The standard InChI is InChI=1S/C20H31N5O2S/c1-24-10-6-14-15(12-24)28-18(23-14)17(26)20(22)7-5-13(11-16(20)21)19(27)25-8-3-2-4-9-25/h13,16H,2-12,21-22H2,1H3. The number of rotatable bonds is 3. The highest BCUT2D eigenvalue weighted by Crippen LogP contribution is 2.35. The third-order valence-electron chi connectivity index (χ3n) is 6.66. The van der Waals surface area contributed by atoms with Crippen molar-refractivity contribution in [3.63, 3.8) is 0 Å². The molecule has 0 aromatic carbocycles. The van der Waals surface area contributed by atoms with Gasteiger partial charge in [0.15, 0.2) is 5.01 Å². The molecule has 7 nitrogen and oxygen atoms in total. The van der Waals surface area contributed by atoms with Crippen LogP contribution in [0.25, 0.3) is 0 Å². The second kappa shape index (κ2) is 7.82. The largest absolute Gasteiger partial charge is 0.342 e. The van der Waals surface area contributed by atoms with E-state index in [-0.39, 0.29) is 17.6 Å². The predicted molar refractivity (Wildman–Crippen MR) is 109 cm³/mol. The van der Waals surface area contributed by atoms with Gasteiger partial charge in [0.25, 0.3) is 0 Å². The third kappa shape index (κ3) is 3.63. The van der Waals surface area contributed by atoms with Gasteiger partial charge in [0, 0.05) is 49.4 Å². The maximum Gasteiger partial charge on any atom is 0.225 e. The quantitative estimate of drug-likeness (QED) is 0.731. The monoisotopic (exact) mass is 405 g/mol. The molecular formula is C20H31N5O2S. The van der Waals surface area contributed by atoms with Gasteiger partial charge >= 0.3 is 0 Å². The maximum absolute atomic E-state index is 13.2. The minimum atomic E-state index is -1.12. The average molecular weight is 406 g/mol. The lowest BCUT2D eigenvalue weighted by Gasteiger charge is -2.41. The molecule has 1 amide bonds. The molecule has 2 aliphatic heterocycles. The molecule has 1 saturated carbocycles. The van der Waals surface area contributed by atoms with Crippen LogP contribution in [0.3, 0.4) is 0 Å². The Balaban J connectivity index is 1.45. The molecule has 28 heavy (non-hydrogen) atoms. The molecular weight excluding hydrogens is 374 g/mol. The summed E-state index contributed by atoms with van der Waals surface area (Å²) in [6, 6.07) is -0.518. The van der Waals surface area contributed by atoms with Gasteiger partial charge in [-0.1, -0.05) is 0 Å². The molecule has 1 saturated heterocycles. The van der Waals surface area contributed by atoms with Crippen molar-refractivity contribution in [3.8, 4) is 0 Å². The number of amides is 1. The van der Waals surface area contributed by atoms with Crippen molar-refractivity contribution in [1.29, 1.82) is 0 Å². The highest BCUT2D eigenvalue weighted by molar-refractivity contribution is 7.13. The van der Waals surface area contributed by atoms with Gasteiger partial charge in [-0.2, -0.15) is 0 Å². The van der Waals surface area contributed by atoms with Crippen molar-refractivity contribution in [2.24, 2.45) is 17.4 Å². The number of likely N-dealkylation sites (N-methyl/N-ethyl adjacent to an activating group) is 1. The Hall–Kier alpha value is -1.35. The second-order valence-electron chi connectivity index (χ2n) is 8.71. The number of nitrogens with zero attached hydrogens (tertiary/aromatic N) is 3. The zero-order chi connectivity index (χ0) is 19.9. The summed E-state index contributed by atoms with van der Waals surface area (Å²) in [5, 5.41) is 0.485. The number of hydrogen-bond donors (Lipinski definition) is 2. The first-order chi connectivity index (χ1) is 13.4. The van der Waals surface area contributed by atoms with Crippen molar-refractivity contribution in [3.05, 3.63) is 15.6 Å². The van der Waals surface area contributed by atoms with Gasteiger partial charge < -0.3 is 21.3 Å². The van der Waals surface area contributed by atoms with Crippen LogP contribution in [-0.4, -0.2) is 64.7 Å². The Labute approximate surface area is 170 Å². The first kappa shape index (κ1) is 19.9. The fourth-order valence-electron chi connectivity index (χ4n) is 4.73.